The van der Waals surface area contributed by atoms with Gasteiger partial charge in [-0.1, -0.05) is 0 Å². The van der Waals surface area contributed by atoms with Gasteiger partial charge in [0.05, 0.1) is 4.92 Å². The zero-order valence-corrected chi connectivity index (χ0v) is 9.67. The zero-order chi connectivity index (χ0) is 12.4. The molecule has 0 bridgehead atoms. The van der Waals surface area contributed by atoms with Crippen molar-refractivity contribution in [1.29, 1.82) is 0 Å². The van der Waals surface area contributed by atoms with Gasteiger partial charge in [-0.25, -0.2) is 0 Å². The molecule has 0 atom stereocenters. The van der Waals surface area contributed by atoms with E-state index in [4.69, 9.17) is 0 Å². The topological polar surface area (TPSA) is 69.8 Å². The van der Waals surface area contributed by atoms with E-state index in [1.165, 1.54) is 18.2 Å². The van der Waals surface area contributed by atoms with E-state index in [0.717, 1.165) is 26.2 Å². The quantitative estimate of drug-likeness (QED) is 0.615. The molecule has 1 aromatic carbocycles. The molecule has 92 valence electrons. The Morgan fingerprint density at radius 2 is 1.94 bits per heavy atom. The van der Waals surface area contributed by atoms with Gasteiger partial charge < -0.3 is 14.9 Å². The number of nitro groups is 1. The van der Waals surface area contributed by atoms with Gasteiger partial charge in [0.15, 0.2) is 0 Å². The van der Waals surface area contributed by atoms with Crippen molar-refractivity contribution in [2.45, 2.75) is 0 Å². The molecule has 0 unspecified atom stereocenters. The number of benzene rings is 1. The fourth-order valence-corrected chi connectivity index (χ4v) is 1.97. The van der Waals surface area contributed by atoms with Crippen molar-refractivity contribution >= 4 is 11.4 Å². The lowest BCUT2D eigenvalue weighted by Crippen LogP contribution is -2.44. The Morgan fingerprint density at radius 1 is 1.29 bits per heavy atom. The van der Waals surface area contributed by atoms with Crippen molar-refractivity contribution < 1.29 is 10.0 Å². The van der Waals surface area contributed by atoms with Gasteiger partial charge in [0.2, 0.25) is 0 Å². The predicted octanol–water partition coefficient (Wildman–Crippen LogP) is 1.05. The Hall–Kier alpha value is -1.82. The van der Waals surface area contributed by atoms with E-state index < -0.39 is 4.92 Å². The average molecular weight is 237 g/mol. The molecule has 1 fully saturated rings. The van der Waals surface area contributed by atoms with Crippen molar-refractivity contribution in [3.63, 3.8) is 0 Å². The van der Waals surface area contributed by atoms with Crippen LogP contribution >= 0.6 is 0 Å². The van der Waals surface area contributed by atoms with Crippen molar-refractivity contribution in [3.05, 3.63) is 28.3 Å². The second-order valence-corrected chi connectivity index (χ2v) is 4.22. The highest BCUT2D eigenvalue weighted by molar-refractivity contribution is 5.65. The molecule has 1 heterocycles. The minimum Gasteiger partial charge on any atom is -0.508 e. The van der Waals surface area contributed by atoms with E-state index >= 15 is 0 Å². The highest BCUT2D eigenvalue weighted by Crippen LogP contribution is 2.32. The molecule has 0 aromatic heterocycles. The second kappa shape index (κ2) is 4.58. The summed E-state index contributed by atoms with van der Waals surface area (Å²) >= 11 is 0. The first-order valence-electron chi connectivity index (χ1n) is 5.49. The maximum Gasteiger partial charge on any atom is 0.292 e. The fraction of sp³-hybridized carbons (Fsp3) is 0.455. The first-order chi connectivity index (χ1) is 8.08. The van der Waals surface area contributed by atoms with Gasteiger partial charge in [-0.2, -0.15) is 0 Å². The van der Waals surface area contributed by atoms with Crippen LogP contribution in [0, 0.1) is 10.1 Å². The number of hydrogen-bond acceptors (Lipinski definition) is 5. The molecule has 2 rings (SSSR count). The number of piperazine rings is 1. The van der Waals surface area contributed by atoms with Gasteiger partial charge in [0, 0.05) is 38.3 Å². The highest BCUT2D eigenvalue weighted by Gasteiger charge is 2.22. The van der Waals surface area contributed by atoms with Crippen LogP contribution in [0.15, 0.2) is 18.2 Å². The summed E-state index contributed by atoms with van der Waals surface area (Å²) in [7, 11) is 2.02. The SMILES string of the molecule is CN1CCN(c2cc(O)ccc2[N+](=O)[O-])CC1. The number of hydrogen-bond donors (Lipinski definition) is 1. The summed E-state index contributed by atoms with van der Waals surface area (Å²) in [5.74, 6) is 0.0597. The zero-order valence-electron chi connectivity index (χ0n) is 9.67. The lowest BCUT2D eigenvalue weighted by atomic mass is 10.2. The Labute approximate surface area is 99.2 Å². The van der Waals surface area contributed by atoms with E-state index in [0.29, 0.717) is 5.69 Å². The maximum absolute atomic E-state index is 10.9. The molecule has 0 saturated carbocycles. The molecule has 6 nitrogen and oxygen atoms in total. The number of anilines is 1. The normalized spacial score (nSPS) is 17.1. The minimum absolute atomic E-state index is 0.0485. The van der Waals surface area contributed by atoms with E-state index in [1.54, 1.807) is 0 Å². The Balaban J connectivity index is 2.30. The second-order valence-electron chi connectivity index (χ2n) is 4.22. The van der Waals surface area contributed by atoms with Crippen LogP contribution in [0.1, 0.15) is 0 Å². The molecule has 0 radical (unpaired) electrons. The Kier molecular flexibility index (Phi) is 3.14. The fourth-order valence-electron chi connectivity index (χ4n) is 1.97. The first-order valence-corrected chi connectivity index (χ1v) is 5.49. The van der Waals surface area contributed by atoms with E-state index in [2.05, 4.69) is 4.90 Å². The molecular formula is C11H15N3O3. The first kappa shape index (κ1) is 11.7. The third-order valence-electron chi connectivity index (χ3n) is 3.00. The number of likely N-dealkylation sites (N-methyl/N-ethyl adjacent to an activating group) is 1. The molecule has 1 aliphatic heterocycles. The lowest BCUT2D eigenvalue weighted by molar-refractivity contribution is -0.384. The lowest BCUT2D eigenvalue weighted by Gasteiger charge is -2.33. The minimum atomic E-state index is -0.410. The monoisotopic (exact) mass is 237 g/mol. The van der Waals surface area contributed by atoms with Crippen LogP contribution in [0.25, 0.3) is 0 Å². The number of phenols is 1. The van der Waals surface area contributed by atoms with Gasteiger partial charge in [-0.3, -0.25) is 10.1 Å². The number of phenolic OH excluding ortho intramolecular Hbond substituents is 1. The van der Waals surface area contributed by atoms with Crippen molar-refractivity contribution in [3.8, 4) is 5.75 Å². The summed E-state index contributed by atoms with van der Waals surface area (Å²) in [5, 5.41) is 20.4. The van der Waals surface area contributed by atoms with E-state index in [9.17, 15) is 15.2 Å². The Morgan fingerprint density at radius 3 is 2.53 bits per heavy atom. The van der Waals surface area contributed by atoms with Crippen LogP contribution in [-0.2, 0) is 0 Å². The van der Waals surface area contributed by atoms with E-state index in [-0.39, 0.29) is 11.4 Å². The summed E-state index contributed by atoms with van der Waals surface area (Å²) < 4.78 is 0. The largest absolute Gasteiger partial charge is 0.508 e. The van der Waals surface area contributed by atoms with Gasteiger partial charge in [-0.15, -0.1) is 0 Å². The van der Waals surface area contributed by atoms with Crippen LogP contribution in [0.5, 0.6) is 5.75 Å². The standard InChI is InChI=1S/C11H15N3O3/c1-12-4-6-13(7-5-12)11-8-9(15)2-3-10(11)14(16)17/h2-3,8,15H,4-7H2,1H3. The van der Waals surface area contributed by atoms with Crippen molar-refractivity contribution in [1.82, 2.24) is 4.90 Å². The summed E-state index contributed by atoms with van der Waals surface area (Å²) in [4.78, 5) is 14.6. The van der Waals surface area contributed by atoms with Crippen LogP contribution in [0.4, 0.5) is 11.4 Å². The molecule has 0 aliphatic carbocycles. The summed E-state index contributed by atoms with van der Waals surface area (Å²) in [6.07, 6.45) is 0. The van der Waals surface area contributed by atoms with E-state index in [1.807, 2.05) is 11.9 Å². The average Bonchev–Trinajstić information content (AvgIpc) is 2.29. The third-order valence-corrected chi connectivity index (χ3v) is 3.00. The number of rotatable bonds is 2. The summed E-state index contributed by atoms with van der Waals surface area (Å²) in [5.41, 5.74) is 0.551. The number of nitro benzene ring substituents is 1. The van der Waals surface area contributed by atoms with Gasteiger partial charge in [-0.05, 0) is 13.1 Å². The van der Waals surface area contributed by atoms with Crippen molar-refractivity contribution in [2.24, 2.45) is 0 Å². The molecule has 17 heavy (non-hydrogen) atoms. The number of nitrogens with zero attached hydrogens (tertiary/aromatic N) is 3. The predicted molar refractivity (Wildman–Crippen MR) is 64.5 cm³/mol. The molecule has 1 aliphatic rings. The van der Waals surface area contributed by atoms with Crippen LogP contribution in [0.2, 0.25) is 0 Å². The maximum atomic E-state index is 10.9. The molecular weight excluding hydrogens is 222 g/mol. The highest BCUT2D eigenvalue weighted by atomic mass is 16.6. The third kappa shape index (κ3) is 2.47. The number of aromatic hydroxyl groups is 1. The van der Waals surface area contributed by atoms with Crippen LogP contribution in [0.3, 0.4) is 0 Å². The Bertz CT molecular complexity index is 428. The van der Waals surface area contributed by atoms with Crippen LogP contribution < -0.4 is 4.90 Å². The summed E-state index contributed by atoms with van der Waals surface area (Å²) in [6, 6.07) is 4.16. The molecule has 0 spiro atoms. The van der Waals surface area contributed by atoms with Gasteiger partial charge >= 0.3 is 0 Å². The van der Waals surface area contributed by atoms with Gasteiger partial charge in [0.1, 0.15) is 11.4 Å². The molecule has 1 N–H and O–H groups in total. The molecule has 0 amide bonds. The van der Waals surface area contributed by atoms with Gasteiger partial charge in [0.25, 0.3) is 5.69 Å². The molecule has 1 saturated heterocycles. The summed E-state index contributed by atoms with van der Waals surface area (Å²) in [6.45, 7) is 3.21. The smallest absolute Gasteiger partial charge is 0.292 e. The molecule has 1 aromatic rings. The van der Waals surface area contributed by atoms with Crippen LogP contribution in [-0.4, -0.2) is 48.2 Å². The molecule has 6 heteroatoms. The van der Waals surface area contributed by atoms with Crippen molar-refractivity contribution in [2.75, 3.05) is 38.1 Å².